The normalized spacial score (nSPS) is 10.1. The number of halogens is 1. The average Bonchev–Trinajstić information content (AvgIpc) is 2.48. The topological polar surface area (TPSA) is 49.8 Å². The van der Waals surface area contributed by atoms with Crippen LogP contribution in [0.2, 0.25) is 0 Å². The van der Waals surface area contributed by atoms with Gasteiger partial charge in [0, 0.05) is 12.1 Å². The Morgan fingerprint density at radius 3 is 2.50 bits per heavy atom. The van der Waals surface area contributed by atoms with E-state index >= 15 is 0 Å². The molecule has 118 valence electrons. The summed E-state index contributed by atoms with van der Waals surface area (Å²) in [5.74, 6) is 0.338. The number of ketones is 1. The van der Waals surface area contributed by atoms with Crippen molar-refractivity contribution < 1.29 is 14.6 Å². The monoisotopic (exact) mass is 321 g/mol. The van der Waals surface area contributed by atoms with Gasteiger partial charge in [-0.3, -0.25) is 9.69 Å². The van der Waals surface area contributed by atoms with Gasteiger partial charge in [-0.15, -0.1) is 12.4 Å². The van der Waals surface area contributed by atoms with Crippen molar-refractivity contribution in [1.82, 2.24) is 4.90 Å². The lowest BCUT2D eigenvalue weighted by atomic mass is 10.1. The first-order chi connectivity index (χ1) is 10.1. The summed E-state index contributed by atoms with van der Waals surface area (Å²) in [6.45, 7) is 1.02. The first-order valence-electron chi connectivity index (χ1n) is 6.73. The number of rotatable bonds is 6. The summed E-state index contributed by atoms with van der Waals surface area (Å²) in [6, 6.07) is 14.6. The van der Waals surface area contributed by atoms with E-state index in [0.717, 1.165) is 5.56 Å². The molecule has 0 fully saturated rings. The van der Waals surface area contributed by atoms with Gasteiger partial charge in [0.2, 0.25) is 0 Å². The molecule has 0 aliphatic heterocycles. The number of carbonyl (C=O) groups excluding carboxylic acids is 1. The van der Waals surface area contributed by atoms with Gasteiger partial charge in [-0.2, -0.15) is 0 Å². The van der Waals surface area contributed by atoms with Gasteiger partial charge < -0.3 is 9.84 Å². The third-order valence-electron chi connectivity index (χ3n) is 3.21. The molecular formula is C17H20ClNO3. The Bertz CT molecular complexity index is 617. The van der Waals surface area contributed by atoms with Crippen molar-refractivity contribution in [3.63, 3.8) is 0 Å². The van der Waals surface area contributed by atoms with Crippen LogP contribution in [0.5, 0.6) is 11.5 Å². The van der Waals surface area contributed by atoms with Crippen LogP contribution in [0, 0.1) is 0 Å². The summed E-state index contributed by atoms with van der Waals surface area (Å²) in [4.78, 5) is 14.2. The molecule has 0 aliphatic rings. The third kappa shape index (κ3) is 4.76. The maximum absolute atomic E-state index is 12.2. The number of likely N-dealkylation sites (N-methyl/N-ethyl adjacent to an activating group) is 1. The lowest BCUT2D eigenvalue weighted by Crippen LogP contribution is -2.25. The average molecular weight is 322 g/mol. The lowest BCUT2D eigenvalue weighted by molar-refractivity contribution is 0.0942. The van der Waals surface area contributed by atoms with E-state index in [1.165, 1.54) is 13.2 Å². The van der Waals surface area contributed by atoms with E-state index in [1.807, 2.05) is 42.3 Å². The number of carbonyl (C=O) groups is 1. The molecule has 4 nitrogen and oxygen atoms in total. The van der Waals surface area contributed by atoms with Gasteiger partial charge in [-0.25, -0.2) is 0 Å². The summed E-state index contributed by atoms with van der Waals surface area (Å²) in [6.07, 6.45) is 0. The van der Waals surface area contributed by atoms with Crippen LogP contribution >= 0.6 is 12.4 Å². The molecule has 0 aromatic heterocycles. The van der Waals surface area contributed by atoms with E-state index in [-0.39, 0.29) is 23.9 Å². The number of aromatic hydroxyl groups is 1. The van der Waals surface area contributed by atoms with Crippen LogP contribution < -0.4 is 4.74 Å². The number of phenolic OH excluding ortho intramolecular Hbond substituents is 1. The Kier molecular flexibility index (Phi) is 6.89. The van der Waals surface area contributed by atoms with E-state index in [0.29, 0.717) is 24.4 Å². The van der Waals surface area contributed by atoms with Gasteiger partial charge in [0.1, 0.15) is 0 Å². The molecular weight excluding hydrogens is 302 g/mol. The van der Waals surface area contributed by atoms with Gasteiger partial charge >= 0.3 is 0 Å². The minimum atomic E-state index is -0.00766. The zero-order valence-electron chi connectivity index (χ0n) is 12.7. The molecule has 0 aliphatic carbocycles. The molecule has 0 saturated heterocycles. The predicted molar refractivity (Wildman–Crippen MR) is 89.0 cm³/mol. The number of hydrogen-bond donors (Lipinski definition) is 1. The van der Waals surface area contributed by atoms with Crippen molar-refractivity contribution in [1.29, 1.82) is 0 Å². The molecule has 0 amide bonds. The zero-order valence-corrected chi connectivity index (χ0v) is 13.5. The standard InChI is InChI=1S/C17H19NO3.ClH/c1-18(11-13-6-4-3-5-7-13)12-16(20)14-8-9-15(19)17(10-14)21-2;/h3-10,19H,11-12H2,1-2H3;1H. The second kappa shape index (κ2) is 8.41. The highest BCUT2D eigenvalue weighted by molar-refractivity contribution is 5.98. The molecule has 0 saturated carbocycles. The third-order valence-corrected chi connectivity index (χ3v) is 3.21. The largest absolute Gasteiger partial charge is 0.504 e. The molecule has 2 aromatic rings. The highest BCUT2D eigenvalue weighted by Crippen LogP contribution is 2.26. The number of phenols is 1. The fourth-order valence-electron chi connectivity index (χ4n) is 2.14. The first kappa shape index (κ1) is 18.0. The Morgan fingerprint density at radius 2 is 1.86 bits per heavy atom. The van der Waals surface area contributed by atoms with Crippen LogP contribution in [0.1, 0.15) is 15.9 Å². The van der Waals surface area contributed by atoms with Gasteiger partial charge in [0.25, 0.3) is 0 Å². The van der Waals surface area contributed by atoms with Crippen LogP contribution in [-0.2, 0) is 6.54 Å². The first-order valence-corrected chi connectivity index (χ1v) is 6.73. The van der Waals surface area contributed by atoms with Crippen LogP contribution in [-0.4, -0.2) is 36.5 Å². The van der Waals surface area contributed by atoms with Crippen LogP contribution in [0.25, 0.3) is 0 Å². The maximum Gasteiger partial charge on any atom is 0.176 e. The Labute approximate surface area is 136 Å². The molecule has 0 spiro atoms. The summed E-state index contributed by atoms with van der Waals surface area (Å²) in [5.41, 5.74) is 1.70. The van der Waals surface area contributed by atoms with Gasteiger partial charge in [0.05, 0.1) is 13.7 Å². The highest BCUT2D eigenvalue weighted by Gasteiger charge is 2.12. The molecule has 0 heterocycles. The van der Waals surface area contributed by atoms with E-state index in [4.69, 9.17) is 4.74 Å². The molecule has 22 heavy (non-hydrogen) atoms. The Morgan fingerprint density at radius 1 is 1.18 bits per heavy atom. The predicted octanol–water partition coefficient (Wildman–Crippen LogP) is 3.14. The fraction of sp³-hybridized carbons (Fsp3) is 0.235. The highest BCUT2D eigenvalue weighted by atomic mass is 35.5. The molecule has 2 aromatic carbocycles. The number of methoxy groups -OCH3 is 1. The maximum atomic E-state index is 12.2. The van der Waals surface area contributed by atoms with E-state index in [2.05, 4.69) is 0 Å². The smallest absolute Gasteiger partial charge is 0.176 e. The van der Waals surface area contributed by atoms with Crippen LogP contribution in [0.15, 0.2) is 48.5 Å². The number of nitrogens with zero attached hydrogens (tertiary/aromatic N) is 1. The Balaban J connectivity index is 0.00000242. The van der Waals surface area contributed by atoms with Crippen LogP contribution in [0.3, 0.4) is 0 Å². The number of Topliss-reactive ketones (excluding diaryl/α,β-unsaturated/α-hetero) is 1. The molecule has 0 radical (unpaired) electrons. The zero-order chi connectivity index (χ0) is 15.2. The van der Waals surface area contributed by atoms with E-state index in [1.54, 1.807) is 12.1 Å². The van der Waals surface area contributed by atoms with Gasteiger partial charge in [-0.1, -0.05) is 30.3 Å². The van der Waals surface area contributed by atoms with Crippen LogP contribution in [0.4, 0.5) is 0 Å². The van der Waals surface area contributed by atoms with Crippen molar-refractivity contribution in [3.8, 4) is 11.5 Å². The quantitative estimate of drug-likeness (QED) is 0.830. The second-order valence-electron chi connectivity index (χ2n) is 4.97. The lowest BCUT2D eigenvalue weighted by Gasteiger charge is -2.16. The molecule has 0 bridgehead atoms. The fourth-order valence-corrected chi connectivity index (χ4v) is 2.14. The van der Waals surface area contributed by atoms with Gasteiger partial charge in [-0.05, 0) is 30.8 Å². The molecule has 5 heteroatoms. The van der Waals surface area contributed by atoms with E-state index in [9.17, 15) is 9.90 Å². The molecule has 0 unspecified atom stereocenters. The van der Waals surface area contributed by atoms with Crippen molar-refractivity contribution in [3.05, 3.63) is 59.7 Å². The summed E-state index contributed by atoms with van der Waals surface area (Å²) >= 11 is 0. The molecule has 0 atom stereocenters. The number of hydrogen-bond acceptors (Lipinski definition) is 4. The minimum absolute atomic E-state index is 0. The van der Waals surface area contributed by atoms with Crippen molar-refractivity contribution in [2.75, 3.05) is 20.7 Å². The summed E-state index contributed by atoms with van der Waals surface area (Å²) in [5, 5.41) is 9.55. The van der Waals surface area contributed by atoms with Crippen molar-refractivity contribution in [2.24, 2.45) is 0 Å². The number of benzene rings is 2. The second-order valence-corrected chi connectivity index (χ2v) is 4.97. The van der Waals surface area contributed by atoms with Crippen molar-refractivity contribution >= 4 is 18.2 Å². The van der Waals surface area contributed by atoms with E-state index < -0.39 is 0 Å². The minimum Gasteiger partial charge on any atom is -0.504 e. The Hall–Kier alpha value is -2.04. The van der Waals surface area contributed by atoms with Crippen molar-refractivity contribution in [2.45, 2.75) is 6.54 Å². The SMILES string of the molecule is COc1cc(C(=O)CN(C)Cc2ccccc2)ccc1O.Cl. The summed E-state index contributed by atoms with van der Waals surface area (Å²) < 4.78 is 5.02. The molecule has 1 N–H and O–H groups in total. The summed E-state index contributed by atoms with van der Waals surface area (Å²) in [7, 11) is 3.37. The number of ether oxygens (including phenoxy) is 1. The van der Waals surface area contributed by atoms with Gasteiger partial charge in [0.15, 0.2) is 17.3 Å². The molecule has 2 rings (SSSR count).